The Balaban J connectivity index is 0. The molecule has 0 aliphatic heterocycles. The van der Waals surface area contributed by atoms with Gasteiger partial charge in [-0.1, -0.05) is 6.58 Å². The second-order valence-corrected chi connectivity index (χ2v) is 3.23. The summed E-state index contributed by atoms with van der Waals surface area (Å²) in [6, 6.07) is 0. The Morgan fingerprint density at radius 2 is 2.08 bits per heavy atom. The summed E-state index contributed by atoms with van der Waals surface area (Å²) in [5.41, 5.74) is 0. The third kappa shape index (κ3) is 9.89. The third-order valence-electron chi connectivity index (χ3n) is 0.752. The lowest BCUT2D eigenvalue weighted by Crippen LogP contribution is -2.13. The van der Waals surface area contributed by atoms with E-state index in [9.17, 15) is 13.2 Å². The summed E-state index contributed by atoms with van der Waals surface area (Å²) < 4.78 is 32.5. The molecule has 2 radical (unpaired) electrons. The van der Waals surface area contributed by atoms with Crippen LogP contribution in [-0.4, -0.2) is 54.4 Å². The van der Waals surface area contributed by atoms with Crippen molar-refractivity contribution in [1.82, 2.24) is 0 Å². The lowest BCUT2D eigenvalue weighted by Gasteiger charge is -1.97. The summed E-state index contributed by atoms with van der Waals surface area (Å²) in [5.74, 6) is -1.30. The van der Waals surface area contributed by atoms with E-state index in [-0.39, 0.29) is 29.7 Å². The van der Waals surface area contributed by atoms with Gasteiger partial charge in [0.15, 0.2) is 0 Å². The Bertz CT molecular complexity index is 245. The van der Waals surface area contributed by atoms with Crippen LogP contribution < -0.4 is 0 Å². The van der Waals surface area contributed by atoms with Crippen LogP contribution in [0.2, 0.25) is 0 Å². The molecule has 0 aliphatic rings. The zero-order valence-corrected chi connectivity index (χ0v) is 8.62. The molecule has 7 heteroatoms. The van der Waals surface area contributed by atoms with Gasteiger partial charge in [-0.2, -0.15) is 8.42 Å². The SMILES string of the molecule is C=CC(=O)OCCS(=O)(=O)O.[Mg]. The number of rotatable bonds is 4. The van der Waals surface area contributed by atoms with Crippen LogP contribution in [0.1, 0.15) is 0 Å². The molecule has 12 heavy (non-hydrogen) atoms. The monoisotopic (exact) mass is 204 g/mol. The fraction of sp³-hybridized carbons (Fsp3) is 0.400. The summed E-state index contributed by atoms with van der Waals surface area (Å²) in [7, 11) is -4.04. The molecule has 0 rings (SSSR count). The highest BCUT2D eigenvalue weighted by molar-refractivity contribution is 7.85. The summed E-state index contributed by atoms with van der Waals surface area (Å²) in [6.07, 6.45) is 0.907. The Labute approximate surface area is 86.7 Å². The van der Waals surface area contributed by atoms with E-state index in [1.807, 2.05) is 0 Å². The standard InChI is InChI=1S/C5H8O5S.Mg/c1-2-5(6)10-3-4-11(7,8)9;/h2H,1,3-4H2,(H,7,8,9);. The molecule has 0 bridgehead atoms. The Hall–Kier alpha value is -0.114. The summed E-state index contributed by atoms with van der Waals surface area (Å²) in [6.45, 7) is 2.73. The third-order valence-corrected chi connectivity index (χ3v) is 1.43. The zero-order valence-electron chi connectivity index (χ0n) is 6.39. The molecule has 0 fully saturated rings. The molecular weight excluding hydrogens is 196 g/mol. The highest BCUT2D eigenvalue weighted by atomic mass is 32.2. The molecule has 5 nitrogen and oxygen atoms in total. The topological polar surface area (TPSA) is 80.7 Å². The van der Waals surface area contributed by atoms with Crippen molar-refractivity contribution in [2.75, 3.05) is 12.4 Å². The summed E-state index contributed by atoms with van der Waals surface area (Å²) >= 11 is 0. The number of carbonyl (C=O) groups is 1. The van der Waals surface area contributed by atoms with Crippen molar-refractivity contribution in [2.45, 2.75) is 0 Å². The smallest absolute Gasteiger partial charge is 0.330 e. The molecule has 0 spiro atoms. The first-order chi connectivity index (χ1) is 4.95. The van der Waals surface area contributed by atoms with Crippen LogP contribution in [0.4, 0.5) is 0 Å². The van der Waals surface area contributed by atoms with Crippen LogP contribution in [0.25, 0.3) is 0 Å². The zero-order chi connectivity index (χ0) is 8.91. The van der Waals surface area contributed by atoms with Gasteiger partial charge in [0.1, 0.15) is 12.4 Å². The van der Waals surface area contributed by atoms with Crippen molar-refractivity contribution in [1.29, 1.82) is 0 Å². The molecule has 0 heterocycles. The highest BCUT2D eigenvalue weighted by Crippen LogP contribution is 1.84. The molecule has 0 saturated heterocycles. The van der Waals surface area contributed by atoms with Crippen molar-refractivity contribution < 1.29 is 22.5 Å². The highest BCUT2D eigenvalue weighted by Gasteiger charge is 2.04. The largest absolute Gasteiger partial charge is 0.461 e. The fourth-order valence-corrected chi connectivity index (χ4v) is 0.600. The van der Waals surface area contributed by atoms with Gasteiger partial charge < -0.3 is 4.74 Å². The molecular formula is C5H8MgO5S. The molecule has 0 saturated carbocycles. The molecule has 0 amide bonds. The molecule has 0 aromatic heterocycles. The second kappa shape index (κ2) is 6.41. The normalized spacial score (nSPS) is 9.75. The van der Waals surface area contributed by atoms with E-state index in [1.54, 1.807) is 0 Å². The van der Waals surface area contributed by atoms with Crippen LogP contribution in [0.3, 0.4) is 0 Å². The van der Waals surface area contributed by atoms with Crippen molar-refractivity contribution >= 4 is 39.1 Å². The lowest BCUT2D eigenvalue weighted by molar-refractivity contribution is -0.137. The predicted molar refractivity (Wildman–Crippen MR) is 43.3 cm³/mol. The first kappa shape index (κ1) is 14.4. The minimum atomic E-state index is -4.04. The first-order valence-electron chi connectivity index (χ1n) is 2.70. The number of hydrogen-bond acceptors (Lipinski definition) is 4. The van der Waals surface area contributed by atoms with Gasteiger partial charge in [-0.25, -0.2) is 4.79 Å². The average Bonchev–Trinajstić information content (AvgIpc) is 1.85. The average molecular weight is 204 g/mol. The fourth-order valence-electron chi connectivity index (χ4n) is 0.306. The van der Waals surface area contributed by atoms with Crippen LogP contribution >= 0.6 is 0 Å². The van der Waals surface area contributed by atoms with Gasteiger partial charge in [-0.15, -0.1) is 0 Å². The van der Waals surface area contributed by atoms with E-state index >= 15 is 0 Å². The second-order valence-electron chi connectivity index (χ2n) is 1.66. The quantitative estimate of drug-likeness (QED) is 0.281. The number of esters is 1. The molecule has 0 atom stereocenters. The van der Waals surface area contributed by atoms with E-state index < -0.39 is 21.8 Å². The molecule has 0 aliphatic carbocycles. The summed E-state index contributed by atoms with van der Waals surface area (Å²) in [4.78, 5) is 10.3. The first-order valence-corrected chi connectivity index (χ1v) is 4.31. The minimum Gasteiger partial charge on any atom is -0.461 e. The summed E-state index contributed by atoms with van der Waals surface area (Å²) in [5, 5.41) is 0. The van der Waals surface area contributed by atoms with Gasteiger partial charge in [0.2, 0.25) is 0 Å². The van der Waals surface area contributed by atoms with Gasteiger partial charge in [-0.05, 0) is 0 Å². The molecule has 0 unspecified atom stereocenters. The van der Waals surface area contributed by atoms with Crippen LogP contribution in [0, 0.1) is 0 Å². The van der Waals surface area contributed by atoms with Crippen molar-refractivity contribution in [3.63, 3.8) is 0 Å². The van der Waals surface area contributed by atoms with Crippen molar-refractivity contribution in [3.05, 3.63) is 12.7 Å². The lowest BCUT2D eigenvalue weighted by atomic mass is 10.6. The maximum absolute atomic E-state index is 10.3. The van der Waals surface area contributed by atoms with Gasteiger partial charge in [0.05, 0.1) is 0 Å². The Kier molecular flexibility index (Phi) is 7.70. The maximum Gasteiger partial charge on any atom is 0.330 e. The van der Waals surface area contributed by atoms with Crippen LogP contribution in [-0.2, 0) is 19.6 Å². The van der Waals surface area contributed by atoms with Crippen LogP contribution in [0.5, 0.6) is 0 Å². The van der Waals surface area contributed by atoms with Crippen molar-refractivity contribution in [2.24, 2.45) is 0 Å². The predicted octanol–water partition coefficient (Wildman–Crippen LogP) is -0.777. The van der Waals surface area contributed by atoms with E-state index in [2.05, 4.69) is 11.3 Å². The molecule has 66 valence electrons. The van der Waals surface area contributed by atoms with E-state index in [0.717, 1.165) is 6.08 Å². The number of carbonyl (C=O) groups excluding carboxylic acids is 1. The van der Waals surface area contributed by atoms with Crippen LogP contribution in [0.15, 0.2) is 12.7 Å². The number of ether oxygens (including phenoxy) is 1. The van der Waals surface area contributed by atoms with Gasteiger partial charge in [0.25, 0.3) is 10.1 Å². The van der Waals surface area contributed by atoms with E-state index in [0.29, 0.717) is 0 Å². The van der Waals surface area contributed by atoms with Gasteiger partial charge in [0, 0.05) is 29.1 Å². The van der Waals surface area contributed by atoms with E-state index in [4.69, 9.17) is 4.55 Å². The number of hydrogen-bond donors (Lipinski definition) is 1. The molecule has 0 aromatic rings. The Morgan fingerprint density at radius 3 is 2.42 bits per heavy atom. The molecule has 0 aromatic carbocycles. The minimum absolute atomic E-state index is 0. The van der Waals surface area contributed by atoms with Crippen molar-refractivity contribution in [3.8, 4) is 0 Å². The van der Waals surface area contributed by atoms with E-state index in [1.165, 1.54) is 0 Å². The Morgan fingerprint density at radius 1 is 1.58 bits per heavy atom. The van der Waals surface area contributed by atoms with Gasteiger partial charge >= 0.3 is 5.97 Å². The molecule has 1 N–H and O–H groups in total. The maximum atomic E-state index is 10.3. The van der Waals surface area contributed by atoms with Gasteiger partial charge in [-0.3, -0.25) is 4.55 Å².